The molecule has 1 aromatic carbocycles. The van der Waals surface area contributed by atoms with Gasteiger partial charge in [0.25, 0.3) is 10.0 Å². The van der Waals surface area contributed by atoms with E-state index in [1.54, 1.807) is 38.1 Å². The van der Waals surface area contributed by atoms with Crippen LogP contribution >= 0.6 is 0 Å². The van der Waals surface area contributed by atoms with Crippen molar-refractivity contribution in [3.05, 3.63) is 35.7 Å². The van der Waals surface area contributed by atoms with Crippen molar-refractivity contribution in [2.24, 2.45) is 0 Å². The van der Waals surface area contributed by atoms with Crippen LogP contribution < -0.4 is 9.46 Å². The average Bonchev–Trinajstić information content (AvgIpc) is 2.72. The number of ether oxygens (including phenoxy) is 1. The highest BCUT2D eigenvalue weighted by atomic mass is 32.2. The molecule has 6 nitrogen and oxygen atoms in total. The van der Waals surface area contributed by atoms with Crippen LogP contribution in [-0.4, -0.2) is 25.2 Å². The molecule has 0 unspecified atom stereocenters. The molecule has 2 N–H and O–H groups in total. The van der Waals surface area contributed by atoms with E-state index in [1.807, 2.05) is 6.92 Å². The molecule has 7 heteroatoms. The molecule has 0 amide bonds. The van der Waals surface area contributed by atoms with Gasteiger partial charge in [0.2, 0.25) is 0 Å². The Hall–Kier alpha value is -2.02. The highest BCUT2D eigenvalue weighted by Crippen LogP contribution is 2.22. The van der Waals surface area contributed by atoms with Crippen molar-refractivity contribution in [3.63, 3.8) is 0 Å². The molecule has 0 atom stereocenters. The van der Waals surface area contributed by atoms with Crippen molar-refractivity contribution in [1.29, 1.82) is 0 Å². The number of nitrogens with one attached hydrogen (secondary N) is 2. The van der Waals surface area contributed by atoms with Gasteiger partial charge in [-0.3, -0.25) is 9.82 Å². The standard InChI is InChI=1S/C13H17N3O3S/c1-4-19-12-7-5-11(6-8-12)16-20(17,18)13-9(2)14-15-10(13)3/h5-8,16H,4H2,1-3H3,(H,14,15). The molecule has 2 aromatic rings. The third-order valence-electron chi connectivity index (χ3n) is 2.75. The zero-order valence-electron chi connectivity index (χ0n) is 11.6. The summed E-state index contributed by atoms with van der Waals surface area (Å²) in [6, 6.07) is 6.76. The lowest BCUT2D eigenvalue weighted by Crippen LogP contribution is -2.14. The van der Waals surface area contributed by atoms with Gasteiger partial charge in [-0.05, 0) is 45.0 Å². The van der Waals surface area contributed by atoms with E-state index in [2.05, 4.69) is 14.9 Å². The number of aryl methyl sites for hydroxylation is 2. The van der Waals surface area contributed by atoms with E-state index < -0.39 is 10.0 Å². The van der Waals surface area contributed by atoms with E-state index in [9.17, 15) is 8.42 Å². The first kappa shape index (κ1) is 14.4. The molecule has 0 aliphatic rings. The van der Waals surface area contributed by atoms with Crippen molar-refractivity contribution in [1.82, 2.24) is 10.2 Å². The number of sulfonamides is 1. The summed E-state index contributed by atoms with van der Waals surface area (Å²) >= 11 is 0. The van der Waals surface area contributed by atoms with Crippen molar-refractivity contribution >= 4 is 15.7 Å². The number of anilines is 1. The first-order valence-corrected chi connectivity index (χ1v) is 7.69. The van der Waals surface area contributed by atoms with Crippen LogP contribution in [-0.2, 0) is 10.0 Å². The number of hydrogen-bond donors (Lipinski definition) is 2. The van der Waals surface area contributed by atoms with E-state index >= 15 is 0 Å². The molecular formula is C13H17N3O3S. The topological polar surface area (TPSA) is 84.1 Å². The Morgan fingerprint density at radius 1 is 1.25 bits per heavy atom. The summed E-state index contributed by atoms with van der Waals surface area (Å²) in [5.74, 6) is 0.700. The number of hydrogen-bond acceptors (Lipinski definition) is 4. The molecule has 1 heterocycles. The molecule has 0 fully saturated rings. The maximum absolute atomic E-state index is 12.3. The van der Waals surface area contributed by atoms with Gasteiger partial charge in [-0.15, -0.1) is 0 Å². The van der Waals surface area contributed by atoms with Gasteiger partial charge in [0.1, 0.15) is 10.6 Å². The zero-order valence-corrected chi connectivity index (χ0v) is 12.4. The third kappa shape index (κ3) is 2.93. The number of aromatic amines is 1. The Balaban J connectivity index is 2.24. The highest BCUT2D eigenvalue weighted by Gasteiger charge is 2.22. The quantitative estimate of drug-likeness (QED) is 0.886. The third-order valence-corrected chi connectivity index (χ3v) is 4.39. The van der Waals surface area contributed by atoms with Gasteiger partial charge in [0.05, 0.1) is 18.0 Å². The van der Waals surface area contributed by atoms with Crippen molar-refractivity contribution < 1.29 is 13.2 Å². The van der Waals surface area contributed by atoms with E-state index in [0.717, 1.165) is 0 Å². The number of benzene rings is 1. The predicted octanol–water partition coefficient (Wildman–Crippen LogP) is 2.23. The minimum Gasteiger partial charge on any atom is -0.494 e. The van der Waals surface area contributed by atoms with Crippen LogP contribution in [0.5, 0.6) is 5.75 Å². The maximum atomic E-state index is 12.3. The maximum Gasteiger partial charge on any atom is 0.265 e. The fourth-order valence-corrected chi connectivity index (χ4v) is 3.36. The predicted molar refractivity (Wildman–Crippen MR) is 76.5 cm³/mol. The molecule has 0 aliphatic carbocycles. The van der Waals surface area contributed by atoms with Crippen molar-refractivity contribution in [2.45, 2.75) is 25.7 Å². The Kier molecular flexibility index (Phi) is 3.99. The summed E-state index contributed by atoms with van der Waals surface area (Å²) in [7, 11) is -3.64. The number of H-pyrrole nitrogens is 1. The summed E-state index contributed by atoms with van der Waals surface area (Å²) in [6.07, 6.45) is 0. The van der Waals surface area contributed by atoms with Crippen LogP contribution in [0.15, 0.2) is 29.2 Å². The highest BCUT2D eigenvalue weighted by molar-refractivity contribution is 7.92. The first-order valence-electron chi connectivity index (χ1n) is 6.21. The number of rotatable bonds is 5. The second-order valence-corrected chi connectivity index (χ2v) is 5.95. The zero-order chi connectivity index (χ0) is 14.8. The molecule has 1 aromatic heterocycles. The second-order valence-electron chi connectivity index (χ2n) is 4.33. The normalized spacial score (nSPS) is 11.3. The van der Waals surface area contributed by atoms with Gasteiger partial charge in [-0.1, -0.05) is 0 Å². The second kappa shape index (κ2) is 5.54. The fraction of sp³-hybridized carbons (Fsp3) is 0.308. The average molecular weight is 295 g/mol. The molecule has 0 aliphatic heterocycles. The molecule has 108 valence electrons. The summed E-state index contributed by atoms with van der Waals surface area (Å²) in [6.45, 7) is 5.78. The first-order chi connectivity index (χ1) is 9.44. The molecule has 0 radical (unpaired) electrons. The molecule has 20 heavy (non-hydrogen) atoms. The van der Waals surface area contributed by atoms with Crippen molar-refractivity contribution in [2.75, 3.05) is 11.3 Å². The number of aromatic nitrogens is 2. The van der Waals surface area contributed by atoms with Crippen LogP contribution in [0, 0.1) is 13.8 Å². The van der Waals surface area contributed by atoms with Gasteiger partial charge >= 0.3 is 0 Å². The summed E-state index contributed by atoms with van der Waals surface area (Å²) < 4.78 is 32.5. The number of nitrogens with zero attached hydrogens (tertiary/aromatic N) is 1. The summed E-state index contributed by atoms with van der Waals surface area (Å²) in [4.78, 5) is 0.186. The lowest BCUT2D eigenvalue weighted by Gasteiger charge is -2.09. The lowest BCUT2D eigenvalue weighted by atomic mass is 10.3. The lowest BCUT2D eigenvalue weighted by molar-refractivity contribution is 0.340. The monoisotopic (exact) mass is 295 g/mol. The minimum atomic E-state index is -3.64. The van der Waals surface area contributed by atoms with E-state index in [4.69, 9.17) is 4.74 Å². The van der Waals surface area contributed by atoms with Gasteiger partial charge in [0, 0.05) is 5.69 Å². The Morgan fingerprint density at radius 3 is 2.40 bits per heavy atom. The van der Waals surface area contributed by atoms with Gasteiger partial charge < -0.3 is 4.74 Å². The molecule has 0 saturated carbocycles. The van der Waals surface area contributed by atoms with Gasteiger partial charge in [0.15, 0.2) is 0 Å². The van der Waals surface area contributed by atoms with E-state index in [1.165, 1.54) is 0 Å². The molecule has 0 saturated heterocycles. The fourth-order valence-electron chi connectivity index (χ4n) is 1.93. The van der Waals surface area contributed by atoms with Gasteiger partial charge in [-0.25, -0.2) is 8.42 Å². The summed E-state index contributed by atoms with van der Waals surface area (Å²) in [5.41, 5.74) is 1.44. The van der Waals surface area contributed by atoms with Gasteiger partial charge in [-0.2, -0.15) is 5.10 Å². The van der Waals surface area contributed by atoms with E-state index in [-0.39, 0.29) is 4.90 Å². The van der Waals surface area contributed by atoms with Crippen LogP contribution in [0.1, 0.15) is 18.3 Å². The molecule has 2 rings (SSSR count). The SMILES string of the molecule is CCOc1ccc(NS(=O)(=O)c2c(C)n[nH]c2C)cc1. The van der Waals surface area contributed by atoms with Crippen molar-refractivity contribution in [3.8, 4) is 5.75 Å². The Labute approximate surface area is 118 Å². The smallest absolute Gasteiger partial charge is 0.265 e. The summed E-state index contributed by atoms with van der Waals surface area (Å²) in [5, 5.41) is 6.56. The Bertz CT molecular complexity index is 671. The largest absolute Gasteiger partial charge is 0.494 e. The van der Waals surface area contributed by atoms with Crippen LogP contribution in [0.25, 0.3) is 0 Å². The van der Waals surface area contributed by atoms with Crippen LogP contribution in [0.4, 0.5) is 5.69 Å². The van der Waals surface area contributed by atoms with Crippen LogP contribution in [0.3, 0.4) is 0 Å². The minimum absolute atomic E-state index is 0.186. The van der Waals surface area contributed by atoms with E-state index in [0.29, 0.717) is 29.4 Å². The molecule has 0 spiro atoms. The molecular weight excluding hydrogens is 278 g/mol. The van der Waals surface area contributed by atoms with Crippen LogP contribution in [0.2, 0.25) is 0 Å². The molecule has 0 bridgehead atoms. The Morgan fingerprint density at radius 2 is 1.90 bits per heavy atom.